The molecule has 0 saturated carbocycles. The number of fused-ring (bicyclic) bond motifs is 1. The zero-order chi connectivity index (χ0) is 17.4. The van der Waals surface area contributed by atoms with Crippen LogP contribution in [0.1, 0.15) is 26.3 Å². The second-order valence-corrected chi connectivity index (χ2v) is 7.79. The molecule has 0 amide bonds. The first-order chi connectivity index (χ1) is 12.0. The molecule has 1 aliphatic heterocycles. The van der Waals surface area contributed by atoms with E-state index >= 15 is 0 Å². The first-order valence-electron chi connectivity index (χ1n) is 9.07. The maximum Gasteiger partial charge on any atom is 0.112 e. The summed E-state index contributed by atoms with van der Waals surface area (Å²) in [5, 5.41) is 3.41. The van der Waals surface area contributed by atoms with Crippen molar-refractivity contribution in [3.63, 3.8) is 0 Å². The van der Waals surface area contributed by atoms with Crippen molar-refractivity contribution in [1.29, 1.82) is 0 Å². The van der Waals surface area contributed by atoms with E-state index < -0.39 is 0 Å². The highest BCUT2D eigenvalue weighted by Crippen LogP contribution is 2.29. The maximum absolute atomic E-state index is 4.74. The molecule has 2 heterocycles. The van der Waals surface area contributed by atoms with Gasteiger partial charge in [-0.1, -0.05) is 39.0 Å². The van der Waals surface area contributed by atoms with Gasteiger partial charge in [0.05, 0.1) is 11.2 Å². The van der Waals surface area contributed by atoms with Gasteiger partial charge < -0.3 is 10.2 Å². The van der Waals surface area contributed by atoms with Crippen LogP contribution in [0.4, 0.5) is 5.69 Å². The lowest BCUT2D eigenvalue weighted by Gasteiger charge is -2.29. The van der Waals surface area contributed by atoms with Crippen LogP contribution in [0.5, 0.6) is 0 Å². The molecular formula is C21H26N4. The van der Waals surface area contributed by atoms with Crippen LogP contribution < -0.4 is 10.2 Å². The fourth-order valence-corrected chi connectivity index (χ4v) is 3.51. The molecule has 1 fully saturated rings. The Kier molecular flexibility index (Phi) is 4.00. The standard InChI is InChI=1S/C21H26N4/c1-21(2,3)16-7-9-17(10-8-16)25-15-23-20-18(5-4-6-19(20)25)24-13-11-22-12-14-24/h4-10,15,22H,11-14H2,1-3H3. The molecule has 3 aromatic rings. The Morgan fingerprint density at radius 1 is 0.960 bits per heavy atom. The third-order valence-electron chi connectivity index (χ3n) is 5.02. The largest absolute Gasteiger partial charge is 0.367 e. The summed E-state index contributed by atoms with van der Waals surface area (Å²) < 4.78 is 2.19. The number of nitrogens with one attached hydrogen (secondary N) is 1. The number of benzene rings is 2. The van der Waals surface area contributed by atoms with E-state index in [0.29, 0.717) is 0 Å². The molecule has 0 bridgehead atoms. The molecule has 1 aliphatic rings. The molecule has 130 valence electrons. The number of nitrogens with zero attached hydrogens (tertiary/aromatic N) is 3. The van der Waals surface area contributed by atoms with Crippen LogP contribution in [-0.2, 0) is 5.41 Å². The van der Waals surface area contributed by atoms with Gasteiger partial charge in [-0.3, -0.25) is 4.57 Å². The topological polar surface area (TPSA) is 33.1 Å². The third kappa shape index (κ3) is 3.02. The zero-order valence-corrected chi connectivity index (χ0v) is 15.3. The van der Waals surface area contributed by atoms with Gasteiger partial charge in [-0.2, -0.15) is 0 Å². The summed E-state index contributed by atoms with van der Waals surface area (Å²) in [7, 11) is 0. The predicted molar refractivity (Wildman–Crippen MR) is 105 cm³/mol. The van der Waals surface area contributed by atoms with E-state index in [-0.39, 0.29) is 5.41 Å². The van der Waals surface area contributed by atoms with E-state index in [1.165, 1.54) is 16.8 Å². The average Bonchev–Trinajstić information content (AvgIpc) is 3.06. The number of aromatic nitrogens is 2. The van der Waals surface area contributed by atoms with Gasteiger partial charge in [0.25, 0.3) is 0 Å². The van der Waals surface area contributed by atoms with Crippen LogP contribution >= 0.6 is 0 Å². The van der Waals surface area contributed by atoms with Crippen molar-refractivity contribution >= 4 is 16.7 Å². The molecule has 4 heteroatoms. The Balaban J connectivity index is 1.74. The van der Waals surface area contributed by atoms with Crippen molar-refractivity contribution in [3.8, 4) is 5.69 Å². The summed E-state index contributed by atoms with van der Waals surface area (Å²) in [6.45, 7) is 10.9. The molecule has 0 aliphatic carbocycles. The summed E-state index contributed by atoms with van der Waals surface area (Å²) in [5.74, 6) is 0. The second-order valence-electron chi connectivity index (χ2n) is 7.79. The molecule has 0 spiro atoms. The monoisotopic (exact) mass is 334 g/mol. The molecule has 4 rings (SSSR count). The van der Waals surface area contributed by atoms with Crippen LogP contribution in [0, 0.1) is 0 Å². The first-order valence-corrected chi connectivity index (χ1v) is 9.07. The number of hydrogen-bond acceptors (Lipinski definition) is 3. The number of imidazole rings is 1. The molecule has 4 nitrogen and oxygen atoms in total. The number of hydrogen-bond donors (Lipinski definition) is 1. The average molecular weight is 334 g/mol. The lowest BCUT2D eigenvalue weighted by atomic mass is 9.87. The number of para-hydroxylation sites is 1. The number of piperazine rings is 1. The fraction of sp³-hybridized carbons (Fsp3) is 0.381. The Morgan fingerprint density at radius 3 is 2.36 bits per heavy atom. The van der Waals surface area contributed by atoms with Crippen LogP contribution in [0.3, 0.4) is 0 Å². The summed E-state index contributed by atoms with van der Waals surface area (Å²) in [4.78, 5) is 7.17. The van der Waals surface area contributed by atoms with Crippen LogP contribution in [0.2, 0.25) is 0 Å². The van der Waals surface area contributed by atoms with Crippen molar-refractivity contribution < 1.29 is 0 Å². The van der Waals surface area contributed by atoms with E-state index in [4.69, 9.17) is 4.98 Å². The quantitative estimate of drug-likeness (QED) is 0.775. The van der Waals surface area contributed by atoms with E-state index in [1.807, 2.05) is 6.33 Å². The smallest absolute Gasteiger partial charge is 0.112 e. The first kappa shape index (κ1) is 16.2. The predicted octanol–water partition coefficient (Wildman–Crippen LogP) is 3.73. The molecule has 1 N–H and O–H groups in total. The van der Waals surface area contributed by atoms with Gasteiger partial charge in [0.2, 0.25) is 0 Å². The SMILES string of the molecule is CC(C)(C)c1ccc(-n2cnc3c(N4CCNCC4)cccc32)cc1. The summed E-state index contributed by atoms with van der Waals surface area (Å²) >= 11 is 0. The molecular weight excluding hydrogens is 308 g/mol. The molecule has 1 aromatic heterocycles. The normalized spacial score (nSPS) is 15.7. The van der Waals surface area contributed by atoms with Gasteiger partial charge in [0.15, 0.2) is 0 Å². The maximum atomic E-state index is 4.74. The summed E-state index contributed by atoms with van der Waals surface area (Å²) in [6, 6.07) is 15.3. The van der Waals surface area contributed by atoms with E-state index in [0.717, 1.165) is 37.4 Å². The van der Waals surface area contributed by atoms with Crippen molar-refractivity contribution in [2.75, 3.05) is 31.1 Å². The number of rotatable bonds is 2. The Bertz CT molecular complexity index is 865. The molecule has 1 saturated heterocycles. The van der Waals surface area contributed by atoms with Gasteiger partial charge in [0.1, 0.15) is 11.8 Å². The summed E-state index contributed by atoms with van der Waals surface area (Å²) in [6.07, 6.45) is 1.95. The van der Waals surface area contributed by atoms with Gasteiger partial charge in [-0.25, -0.2) is 4.98 Å². The molecule has 0 atom stereocenters. The van der Waals surface area contributed by atoms with E-state index in [2.05, 4.69) is 78.0 Å². The lowest BCUT2D eigenvalue weighted by molar-refractivity contribution is 0.590. The van der Waals surface area contributed by atoms with E-state index in [1.54, 1.807) is 0 Å². The highest BCUT2D eigenvalue weighted by molar-refractivity contribution is 5.90. The van der Waals surface area contributed by atoms with E-state index in [9.17, 15) is 0 Å². The van der Waals surface area contributed by atoms with Gasteiger partial charge in [0, 0.05) is 31.9 Å². The minimum absolute atomic E-state index is 0.172. The van der Waals surface area contributed by atoms with Gasteiger partial charge in [-0.15, -0.1) is 0 Å². The Labute approximate surface area is 149 Å². The summed E-state index contributed by atoms with van der Waals surface area (Å²) in [5.41, 5.74) is 6.17. The molecule has 25 heavy (non-hydrogen) atoms. The van der Waals surface area contributed by atoms with Crippen LogP contribution in [0.25, 0.3) is 16.7 Å². The molecule has 0 radical (unpaired) electrons. The van der Waals surface area contributed by atoms with Crippen LogP contribution in [-0.4, -0.2) is 35.7 Å². The van der Waals surface area contributed by atoms with Crippen molar-refractivity contribution in [3.05, 3.63) is 54.4 Å². The second kappa shape index (κ2) is 6.19. The third-order valence-corrected chi connectivity index (χ3v) is 5.02. The van der Waals surface area contributed by atoms with Crippen molar-refractivity contribution in [2.45, 2.75) is 26.2 Å². The zero-order valence-electron chi connectivity index (χ0n) is 15.3. The highest BCUT2D eigenvalue weighted by atomic mass is 15.2. The highest BCUT2D eigenvalue weighted by Gasteiger charge is 2.17. The Hall–Kier alpha value is -2.33. The molecule has 2 aromatic carbocycles. The minimum Gasteiger partial charge on any atom is -0.367 e. The minimum atomic E-state index is 0.172. The fourth-order valence-electron chi connectivity index (χ4n) is 3.51. The Morgan fingerprint density at radius 2 is 1.68 bits per heavy atom. The van der Waals surface area contributed by atoms with Gasteiger partial charge in [-0.05, 0) is 35.2 Å². The molecule has 0 unspecified atom stereocenters. The van der Waals surface area contributed by atoms with Crippen LogP contribution in [0.15, 0.2) is 48.8 Å². The van der Waals surface area contributed by atoms with Gasteiger partial charge >= 0.3 is 0 Å². The lowest BCUT2D eigenvalue weighted by Crippen LogP contribution is -2.43. The van der Waals surface area contributed by atoms with Crippen molar-refractivity contribution in [2.24, 2.45) is 0 Å². The number of anilines is 1. The van der Waals surface area contributed by atoms with Crippen molar-refractivity contribution in [1.82, 2.24) is 14.9 Å².